The van der Waals surface area contributed by atoms with Crippen LogP contribution in [0.1, 0.15) is 39.5 Å². The molecule has 1 aliphatic heterocycles. The highest BCUT2D eigenvalue weighted by Crippen LogP contribution is 2.54. The van der Waals surface area contributed by atoms with Crippen LogP contribution in [0.2, 0.25) is 0 Å². The Morgan fingerprint density at radius 3 is 2.44 bits per heavy atom. The summed E-state index contributed by atoms with van der Waals surface area (Å²) >= 11 is 0. The topological polar surface area (TPSA) is 15.3 Å². The highest BCUT2D eigenvalue weighted by molar-refractivity contribution is 5.10. The van der Waals surface area contributed by atoms with Crippen molar-refractivity contribution in [2.45, 2.75) is 57.3 Å². The molecule has 1 saturated heterocycles. The molecular weight excluding hydrogens is 241 g/mol. The highest BCUT2D eigenvalue weighted by Gasteiger charge is 2.66. The van der Waals surface area contributed by atoms with Crippen molar-refractivity contribution < 1.29 is 13.2 Å². The van der Waals surface area contributed by atoms with E-state index >= 15 is 0 Å². The Morgan fingerprint density at radius 2 is 2.00 bits per heavy atom. The minimum Gasteiger partial charge on any atom is -0.314 e. The maximum atomic E-state index is 13.1. The van der Waals surface area contributed by atoms with Crippen molar-refractivity contribution in [3.05, 3.63) is 0 Å². The summed E-state index contributed by atoms with van der Waals surface area (Å²) in [5.74, 6) is 0.296. The number of halogens is 3. The first kappa shape index (κ1) is 14.1. The Bertz CT molecular complexity index is 286. The normalized spacial score (nSPS) is 32.5. The summed E-state index contributed by atoms with van der Waals surface area (Å²) in [6.45, 7) is 6.27. The minimum atomic E-state index is -4.06. The van der Waals surface area contributed by atoms with Gasteiger partial charge in [-0.05, 0) is 38.1 Å². The lowest BCUT2D eigenvalue weighted by Gasteiger charge is -2.42. The summed E-state index contributed by atoms with van der Waals surface area (Å²) in [6, 6.07) is 0.380. The molecule has 106 valence electrons. The second kappa shape index (κ2) is 5.00. The summed E-state index contributed by atoms with van der Waals surface area (Å²) in [5, 5.41) is 3.44. The zero-order valence-corrected chi connectivity index (χ0v) is 11.2. The van der Waals surface area contributed by atoms with Crippen LogP contribution in [-0.2, 0) is 0 Å². The van der Waals surface area contributed by atoms with Gasteiger partial charge in [0.25, 0.3) is 0 Å². The number of hydrogen-bond acceptors (Lipinski definition) is 2. The van der Waals surface area contributed by atoms with Crippen LogP contribution in [0.3, 0.4) is 0 Å². The van der Waals surface area contributed by atoms with Crippen LogP contribution in [0.4, 0.5) is 13.2 Å². The highest BCUT2D eigenvalue weighted by atomic mass is 19.4. The van der Waals surface area contributed by atoms with Gasteiger partial charge in [-0.15, -0.1) is 0 Å². The minimum absolute atomic E-state index is 0.288. The molecule has 2 aliphatic rings. The smallest absolute Gasteiger partial charge is 0.314 e. The molecule has 0 aromatic heterocycles. The molecule has 1 saturated carbocycles. The van der Waals surface area contributed by atoms with E-state index in [1.54, 1.807) is 4.90 Å². The molecule has 0 radical (unpaired) electrons. The van der Waals surface area contributed by atoms with E-state index in [0.717, 1.165) is 19.4 Å². The molecule has 0 spiro atoms. The van der Waals surface area contributed by atoms with Crippen LogP contribution in [0.15, 0.2) is 0 Å². The van der Waals surface area contributed by atoms with Gasteiger partial charge >= 0.3 is 6.18 Å². The van der Waals surface area contributed by atoms with Gasteiger partial charge in [0.2, 0.25) is 0 Å². The first-order chi connectivity index (χ1) is 8.40. The van der Waals surface area contributed by atoms with Gasteiger partial charge < -0.3 is 5.32 Å². The van der Waals surface area contributed by atoms with Crippen molar-refractivity contribution in [1.29, 1.82) is 0 Å². The number of nitrogens with zero attached hydrogens (tertiary/aromatic N) is 1. The number of hydrogen-bond donors (Lipinski definition) is 1. The third kappa shape index (κ3) is 2.52. The van der Waals surface area contributed by atoms with Crippen LogP contribution in [0.25, 0.3) is 0 Å². The van der Waals surface area contributed by atoms with Gasteiger partial charge in [-0.25, -0.2) is 0 Å². The number of alkyl halides is 3. The fraction of sp³-hybridized carbons (Fsp3) is 1.00. The monoisotopic (exact) mass is 264 g/mol. The maximum Gasteiger partial charge on any atom is 0.406 e. The van der Waals surface area contributed by atoms with Crippen LogP contribution in [0.5, 0.6) is 0 Å². The van der Waals surface area contributed by atoms with Crippen molar-refractivity contribution in [3.63, 3.8) is 0 Å². The summed E-state index contributed by atoms with van der Waals surface area (Å²) < 4.78 is 39.2. The van der Waals surface area contributed by atoms with E-state index in [1.807, 2.05) is 0 Å². The Labute approximate surface area is 107 Å². The van der Waals surface area contributed by atoms with Crippen molar-refractivity contribution >= 4 is 0 Å². The van der Waals surface area contributed by atoms with Crippen LogP contribution >= 0.6 is 0 Å². The van der Waals surface area contributed by atoms with Crippen LogP contribution in [0, 0.1) is 5.92 Å². The lowest BCUT2D eigenvalue weighted by atomic mass is 9.92. The number of likely N-dealkylation sites (tertiary alicyclic amines) is 1. The second-order valence-electron chi connectivity index (χ2n) is 5.80. The molecule has 0 aromatic carbocycles. The van der Waals surface area contributed by atoms with E-state index in [9.17, 15) is 13.2 Å². The molecule has 0 amide bonds. The molecule has 1 N–H and O–H groups in total. The zero-order chi connectivity index (χ0) is 13.4. The molecule has 5 heteroatoms. The van der Waals surface area contributed by atoms with Gasteiger partial charge in [0.05, 0.1) is 0 Å². The molecule has 0 aromatic rings. The third-order valence-electron chi connectivity index (χ3n) is 4.42. The van der Waals surface area contributed by atoms with Crippen molar-refractivity contribution in [1.82, 2.24) is 10.2 Å². The summed E-state index contributed by atoms with van der Waals surface area (Å²) in [5.41, 5.74) is -1.48. The van der Waals surface area contributed by atoms with E-state index in [-0.39, 0.29) is 12.8 Å². The zero-order valence-electron chi connectivity index (χ0n) is 11.2. The van der Waals surface area contributed by atoms with Gasteiger partial charge in [-0.3, -0.25) is 4.90 Å². The summed E-state index contributed by atoms with van der Waals surface area (Å²) in [4.78, 5) is 1.68. The van der Waals surface area contributed by atoms with E-state index in [4.69, 9.17) is 0 Å². The first-order valence-corrected chi connectivity index (χ1v) is 6.96. The summed E-state index contributed by atoms with van der Waals surface area (Å²) in [7, 11) is 0. The molecule has 1 aliphatic carbocycles. The predicted octanol–water partition coefficient (Wildman–Crippen LogP) is 2.79. The van der Waals surface area contributed by atoms with E-state index in [0.29, 0.717) is 25.0 Å². The van der Waals surface area contributed by atoms with Crippen LogP contribution < -0.4 is 5.32 Å². The Morgan fingerprint density at radius 1 is 1.33 bits per heavy atom. The van der Waals surface area contributed by atoms with E-state index < -0.39 is 11.7 Å². The van der Waals surface area contributed by atoms with Crippen molar-refractivity contribution in [2.24, 2.45) is 5.92 Å². The second-order valence-corrected chi connectivity index (χ2v) is 5.80. The average Bonchev–Trinajstić information content (AvgIpc) is 3.07. The Balaban J connectivity index is 1.92. The fourth-order valence-corrected chi connectivity index (χ4v) is 3.06. The van der Waals surface area contributed by atoms with E-state index in [2.05, 4.69) is 19.2 Å². The van der Waals surface area contributed by atoms with Gasteiger partial charge in [-0.1, -0.05) is 13.8 Å². The number of rotatable bonds is 4. The molecule has 2 atom stereocenters. The quantitative estimate of drug-likeness (QED) is 0.840. The van der Waals surface area contributed by atoms with Crippen molar-refractivity contribution in [2.75, 3.05) is 19.6 Å². The van der Waals surface area contributed by atoms with E-state index in [1.165, 1.54) is 0 Å². The fourth-order valence-electron chi connectivity index (χ4n) is 3.06. The van der Waals surface area contributed by atoms with Gasteiger partial charge in [0.15, 0.2) is 0 Å². The molecular formula is C13H23F3N2. The predicted molar refractivity (Wildman–Crippen MR) is 65.5 cm³/mol. The largest absolute Gasteiger partial charge is 0.406 e. The molecule has 2 unspecified atom stereocenters. The molecule has 2 nitrogen and oxygen atoms in total. The third-order valence-corrected chi connectivity index (χ3v) is 4.42. The molecule has 1 heterocycles. The first-order valence-electron chi connectivity index (χ1n) is 6.96. The lowest BCUT2D eigenvalue weighted by Crippen LogP contribution is -2.56. The Kier molecular flexibility index (Phi) is 3.93. The molecule has 2 fully saturated rings. The summed E-state index contributed by atoms with van der Waals surface area (Å²) in [6.07, 6.45) is -1.58. The van der Waals surface area contributed by atoms with Gasteiger partial charge in [-0.2, -0.15) is 13.2 Å². The van der Waals surface area contributed by atoms with Gasteiger partial charge in [0, 0.05) is 19.1 Å². The van der Waals surface area contributed by atoms with Crippen LogP contribution in [-0.4, -0.2) is 42.3 Å². The molecule has 0 bridgehead atoms. The number of piperidine rings is 1. The molecule has 2 rings (SSSR count). The Hall–Kier alpha value is -0.290. The maximum absolute atomic E-state index is 13.1. The van der Waals surface area contributed by atoms with Gasteiger partial charge in [0.1, 0.15) is 5.54 Å². The average molecular weight is 264 g/mol. The SMILES string of the molecule is CCCNC1CCN(C2(C(F)(F)F)CC2)CC1C. The van der Waals surface area contributed by atoms with Crippen molar-refractivity contribution in [3.8, 4) is 0 Å². The number of nitrogens with one attached hydrogen (secondary N) is 1. The standard InChI is InChI=1S/C13H23F3N2/c1-3-7-17-11-4-8-18(9-10(11)2)12(5-6-12)13(14,15)16/h10-11,17H,3-9H2,1-2H3. The lowest BCUT2D eigenvalue weighted by molar-refractivity contribution is -0.201. The molecule has 18 heavy (non-hydrogen) atoms.